The Morgan fingerprint density at radius 2 is 1.02 bits per heavy atom. The monoisotopic (exact) mass is 787 g/mol. The molecule has 0 saturated heterocycles. The van der Waals surface area contributed by atoms with Crippen molar-refractivity contribution in [3.63, 3.8) is 0 Å². The van der Waals surface area contributed by atoms with E-state index in [0.717, 1.165) is 26.2 Å². The van der Waals surface area contributed by atoms with E-state index in [1.807, 2.05) is 0 Å². The van der Waals surface area contributed by atoms with E-state index < -0.39 is 32.0 Å². The zero-order chi connectivity index (χ0) is 31.7. The number of fused-ring (bicyclic) bond motifs is 4. The summed E-state index contributed by atoms with van der Waals surface area (Å²) < 4.78 is 9.75. The summed E-state index contributed by atoms with van der Waals surface area (Å²) in [6.45, 7) is 14.1. The van der Waals surface area contributed by atoms with Gasteiger partial charge in [0.1, 0.15) is 0 Å². The van der Waals surface area contributed by atoms with E-state index in [-0.39, 0.29) is 5.92 Å². The van der Waals surface area contributed by atoms with Gasteiger partial charge in [0.05, 0.1) is 0 Å². The van der Waals surface area contributed by atoms with Gasteiger partial charge in [0.15, 0.2) is 0 Å². The van der Waals surface area contributed by atoms with Gasteiger partial charge in [-0.1, -0.05) is 0 Å². The minimum absolute atomic E-state index is 0.271. The third-order valence-electron chi connectivity index (χ3n) is 10.5. The number of hydrogen-bond donors (Lipinski definition) is 0. The van der Waals surface area contributed by atoms with Gasteiger partial charge in [-0.3, -0.25) is 0 Å². The predicted octanol–water partition coefficient (Wildman–Crippen LogP) is 8.39. The molecule has 0 amide bonds. The van der Waals surface area contributed by atoms with Gasteiger partial charge in [0.25, 0.3) is 0 Å². The Bertz CT molecular complexity index is 1780. The van der Waals surface area contributed by atoms with Crippen LogP contribution in [-0.4, -0.2) is 45.7 Å². The van der Waals surface area contributed by atoms with Crippen LogP contribution in [0.3, 0.4) is 0 Å². The first-order valence-electron chi connectivity index (χ1n) is 17.2. The second-order valence-electron chi connectivity index (χ2n) is 12.5. The van der Waals surface area contributed by atoms with Gasteiger partial charge in [0.2, 0.25) is 0 Å². The van der Waals surface area contributed by atoms with Crippen LogP contribution in [-0.2, 0) is 18.2 Å². The summed E-state index contributed by atoms with van der Waals surface area (Å²) in [5, 5.41) is 0. The van der Waals surface area contributed by atoms with E-state index in [0.29, 0.717) is 3.93 Å². The number of nitrogens with zero attached hydrogens (tertiary/aromatic N) is 2. The van der Waals surface area contributed by atoms with Crippen molar-refractivity contribution >= 4 is 27.1 Å². The second kappa shape index (κ2) is 13.9. The van der Waals surface area contributed by atoms with Gasteiger partial charge in [-0.25, -0.2) is 0 Å². The Morgan fingerprint density at radius 3 is 1.63 bits per heavy atom. The Morgan fingerprint density at radius 1 is 0.522 bits per heavy atom. The maximum atomic E-state index is 3.01. The molecule has 2 nitrogen and oxygen atoms in total. The molecule has 2 aliphatic carbocycles. The van der Waals surface area contributed by atoms with Crippen LogP contribution in [0.1, 0.15) is 65.4 Å². The van der Waals surface area contributed by atoms with Crippen molar-refractivity contribution < 1.29 is 18.2 Å². The van der Waals surface area contributed by atoms with Crippen molar-refractivity contribution in [3.8, 4) is 11.1 Å². The summed E-state index contributed by atoms with van der Waals surface area (Å²) in [5.41, 5.74) is 10.4. The van der Waals surface area contributed by atoms with Crippen LogP contribution in [0.2, 0.25) is 0 Å². The second-order valence-corrected chi connectivity index (χ2v) is 47.3. The first-order chi connectivity index (χ1) is 22.7. The Kier molecular flexibility index (Phi) is 9.67. The van der Waals surface area contributed by atoms with E-state index in [4.69, 9.17) is 0 Å². The van der Waals surface area contributed by atoms with Gasteiger partial charge in [-0.2, -0.15) is 0 Å². The molecule has 7 rings (SSSR count). The van der Waals surface area contributed by atoms with Crippen LogP contribution in [0.5, 0.6) is 0 Å². The quantitative estimate of drug-likeness (QED) is 0.124. The molecule has 5 aromatic rings. The zero-order valence-corrected chi connectivity index (χ0v) is 33.0. The molecule has 2 unspecified atom stereocenters. The fourth-order valence-electron chi connectivity index (χ4n) is 8.57. The van der Waals surface area contributed by atoms with Gasteiger partial charge in [0, 0.05) is 0 Å². The molecule has 0 N–H and O–H groups in total. The summed E-state index contributed by atoms with van der Waals surface area (Å²) in [6.07, 6.45) is 4.82. The number of hydrogen-bond acceptors (Lipinski definition) is 2. The van der Waals surface area contributed by atoms with Crippen LogP contribution >= 0.6 is 0 Å². The molecule has 2 atom stereocenters. The van der Waals surface area contributed by atoms with E-state index in [9.17, 15) is 0 Å². The molecule has 5 aromatic carbocycles. The average Bonchev–Trinajstić information content (AvgIpc) is 3.71. The van der Waals surface area contributed by atoms with E-state index in [1.54, 1.807) is 18.3 Å². The third-order valence-corrected chi connectivity index (χ3v) is 66.4. The first kappa shape index (κ1) is 32.0. The maximum absolute atomic E-state index is 3.83. The zero-order valence-electron chi connectivity index (χ0n) is 27.7. The van der Waals surface area contributed by atoms with E-state index in [1.165, 1.54) is 27.8 Å². The van der Waals surface area contributed by atoms with Crippen molar-refractivity contribution in [1.82, 2.24) is 5.69 Å². The molecule has 4 heteroatoms. The summed E-state index contributed by atoms with van der Waals surface area (Å²) in [4.78, 5) is 0. The number of allylic oxidation sites excluding steroid dienone is 1. The molecule has 2 aliphatic rings. The molecule has 0 heterocycles. The normalized spacial score (nSPS) is 16.5. The first-order valence-corrected chi connectivity index (χ1v) is 33.5. The summed E-state index contributed by atoms with van der Waals surface area (Å²) in [6, 6.07) is 49.7. The van der Waals surface area contributed by atoms with Crippen LogP contribution in [0.15, 0.2) is 133 Å². The van der Waals surface area contributed by atoms with Gasteiger partial charge >= 0.3 is 287 Å². The van der Waals surface area contributed by atoms with Crippen molar-refractivity contribution in [1.29, 1.82) is 0 Å². The van der Waals surface area contributed by atoms with Crippen molar-refractivity contribution in [3.05, 3.63) is 161 Å². The fraction of sp³-hybridized carbons (Fsp3) is 0.238. The van der Waals surface area contributed by atoms with Gasteiger partial charge in [-0.15, -0.1) is 0 Å². The summed E-state index contributed by atoms with van der Waals surface area (Å²) >= 11 is -6.51. The molecule has 0 aromatic heterocycles. The summed E-state index contributed by atoms with van der Waals surface area (Å²) in [7, 11) is 0. The molecule has 231 valence electrons. The number of rotatable bonds is 11. The van der Waals surface area contributed by atoms with Crippen LogP contribution in [0.25, 0.3) is 17.2 Å². The predicted molar refractivity (Wildman–Crippen MR) is 195 cm³/mol. The number of benzene rings is 5. The van der Waals surface area contributed by atoms with E-state index in [2.05, 4.69) is 173 Å². The molecular formula is C42H45N2SnZr. The minimum atomic E-state index is -3.83. The van der Waals surface area contributed by atoms with Gasteiger partial charge < -0.3 is 0 Å². The van der Waals surface area contributed by atoms with Crippen molar-refractivity contribution in [2.75, 3.05) is 26.2 Å². The fourth-order valence-corrected chi connectivity index (χ4v) is 79.1. The molecule has 0 fully saturated rings. The van der Waals surface area contributed by atoms with Crippen LogP contribution in [0, 0.1) is 0 Å². The van der Waals surface area contributed by atoms with Gasteiger partial charge in [-0.05, 0) is 0 Å². The van der Waals surface area contributed by atoms with Crippen LogP contribution < -0.4 is 7.16 Å². The Hall–Kier alpha value is -2.56. The Labute approximate surface area is 284 Å². The van der Waals surface area contributed by atoms with Crippen molar-refractivity contribution in [2.24, 2.45) is 0 Å². The van der Waals surface area contributed by atoms with E-state index >= 15 is 0 Å². The Balaban J connectivity index is 1.64. The van der Waals surface area contributed by atoms with Crippen LogP contribution in [0.4, 0.5) is 0 Å². The standard InChI is InChI=1S/C22H15.2C6H5.2C4H10N.Sn.Zr/c1-3-8-17-15(6-1)12-13-21(17)20-11-5-10-19-18-9-4-2-7-16(18)14-22(19)20;2*1-2-4-6-5-3-1;2*1-3-5-4-2;;/h1-14,21H;2*1-5H;2*3-4H2,1-2H3;;/q;;;2*-1;;+2. The topological polar surface area (TPSA) is 6.48 Å². The SMILES string of the molecule is CC[N](CC)[Zr]([N](CC)CC)[Sn]([c]1ccccc1)([c]1ccccc1)[CH]1c2ccccc2-c2cccc(C3C=Cc4ccccc43)c21. The summed E-state index contributed by atoms with van der Waals surface area (Å²) in [5.74, 6) is 0.271. The molecule has 0 aliphatic heterocycles. The molecule has 0 bridgehead atoms. The van der Waals surface area contributed by atoms with Crippen molar-refractivity contribution in [2.45, 2.75) is 37.5 Å². The molecular weight excluding hydrogens is 742 g/mol. The molecule has 46 heavy (non-hydrogen) atoms. The third kappa shape index (κ3) is 5.18. The molecule has 0 radical (unpaired) electrons. The molecule has 0 saturated carbocycles. The molecule has 0 spiro atoms. The average molecular weight is 788 g/mol.